The van der Waals surface area contributed by atoms with Gasteiger partial charge in [0.25, 0.3) is 5.91 Å². The van der Waals surface area contributed by atoms with Crippen LogP contribution in [0.5, 0.6) is 0 Å². The van der Waals surface area contributed by atoms with Crippen molar-refractivity contribution in [2.75, 3.05) is 11.4 Å². The lowest BCUT2D eigenvalue weighted by Crippen LogP contribution is -2.28. The molecule has 14 heavy (non-hydrogen) atoms. The molecule has 0 saturated heterocycles. The van der Waals surface area contributed by atoms with E-state index in [4.69, 9.17) is 0 Å². The van der Waals surface area contributed by atoms with E-state index in [2.05, 4.69) is 0 Å². The molecule has 1 aliphatic rings. The number of hydrogen-bond donors (Lipinski definition) is 1. The van der Waals surface area contributed by atoms with Crippen molar-refractivity contribution in [2.24, 2.45) is 0 Å². The summed E-state index contributed by atoms with van der Waals surface area (Å²) < 4.78 is 0. The number of rotatable bonds is 1. The lowest BCUT2D eigenvalue weighted by Gasteiger charge is -2.13. The van der Waals surface area contributed by atoms with Crippen LogP contribution in [0.15, 0.2) is 18.2 Å². The van der Waals surface area contributed by atoms with Crippen molar-refractivity contribution >= 4 is 11.6 Å². The van der Waals surface area contributed by atoms with Crippen LogP contribution >= 0.6 is 0 Å². The monoisotopic (exact) mass is 191 g/mol. The van der Waals surface area contributed by atoms with Crippen LogP contribution in [0.2, 0.25) is 0 Å². The Bertz CT molecular complexity index is 387. The number of likely N-dealkylation sites (N-methyl/N-ethyl adjacent to an activating group) is 1. The minimum Gasteiger partial charge on any atom is -0.378 e. The molecule has 74 valence electrons. The van der Waals surface area contributed by atoms with Crippen LogP contribution < -0.4 is 4.90 Å². The third kappa shape index (κ3) is 1.13. The van der Waals surface area contributed by atoms with Gasteiger partial charge in [-0.15, -0.1) is 0 Å². The second-order valence-corrected chi connectivity index (χ2v) is 3.55. The summed E-state index contributed by atoms with van der Waals surface area (Å²) in [6, 6.07) is 5.71. The number of carbonyl (C=O) groups excluding carboxylic acids is 1. The highest BCUT2D eigenvalue weighted by atomic mass is 16.3. The molecule has 0 spiro atoms. The summed E-state index contributed by atoms with van der Waals surface area (Å²) in [5.74, 6) is -0.215. The fraction of sp³-hybridized carbons (Fsp3) is 0.364. The maximum absolute atomic E-state index is 11.6. The Labute approximate surface area is 83.0 Å². The SMILES string of the molecule is CCN1C(=O)C(O)c2cc(C)ccc21. The van der Waals surface area contributed by atoms with Gasteiger partial charge < -0.3 is 10.0 Å². The zero-order chi connectivity index (χ0) is 10.3. The second kappa shape index (κ2) is 3.10. The van der Waals surface area contributed by atoms with Gasteiger partial charge in [0.1, 0.15) is 0 Å². The summed E-state index contributed by atoms with van der Waals surface area (Å²) in [5.41, 5.74) is 2.64. The fourth-order valence-corrected chi connectivity index (χ4v) is 1.86. The lowest BCUT2D eigenvalue weighted by atomic mass is 10.1. The zero-order valence-electron chi connectivity index (χ0n) is 8.32. The largest absolute Gasteiger partial charge is 0.378 e. The average Bonchev–Trinajstić information content (AvgIpc) is 2.41. The summed E-state index contributed by atoms with van der Waals surface area (Å²) >= 11 is 0. The fourth-order valence-electron chi connectivity index (χ4n) is 1.86. The van der Waals surface area contributed by atoms with Gasteiger partial charge in [0.15, 0.2) is 6.10 Å². The molecule has 1 aromatic carbocycles. The molecule has 0 aromatic heterocycles. The van der Waals surface area contributed by atoms with Gasteiger partial charge in [0.2, 0.25) is 0 Å². The molecular formula is C11H13NO2. The molecule has 1 amide bonds. The Balaban J connectivity index is 2.55. The van der Waals surface area contributed by atoms with E-state index < -0.39 is 6.10 Å². The number of hydrogen-bond acceptors (Lipinski definition) is 2. The summed E-state index contributed by atoms with van der Waals surface area (Å²) in [7, 11) is 0. The maximum Gasteiger partial charge on any atom is 0.260 e. The lowest BCUT2D eigenvalue weighted by molar-refractivity contribution is -0.125. The van der Waals surface area contributed by atoms with E-state index in [1.54, 1.807) is 4.90 Å². The Hall–Kier alpha value is -1.35. The summed E-state index contributed by atoms with van der Waals surface area (Å²) in [6.45, 7) is 4.46. The first-order chi connectivity index (χ1) is 6.65. The molecule has 0 radical (unpaired) electrons. The van der Waals surface area contributed by atoms with Gasteiger partial charge in [0.05, 0.1) is 5.69 Å². The van der Waals surface area contributed by atoms with Crippen LogP contribution in [0.3, 0.4) is 0 Å². The van der Waals surface area contributed by atoms with Gasteiger partial charge in [-0.25, -0.2) is 0 Å². The van der Waals surface area contributed by atoms with E-state index in [0.29, 0.717) is 6.54 Å². The number of carbonyl (C=O) groups is 1. The molecule has 1 unspecified atom stereocenters. The van der Waals surface area contributed by atoms with Crippen molar-refractivity contribution in [2.45, 2.75) is 20.0 Å². The van der Waals surface area contributed by atoms with Gasteiger partial charge in [-0.2, -0.15) is 0 Å². The normalized spacial score (nSPS) is 20.1. The maximum atomic E-state index is 11.6. The van der Waals surface area contributed by atoms with E-state index in [-0.39, 0.29) is 5.91 Å². The first-order valence-corrected chi connectivity index (χ1v) is 4.75. The first kappa shape index (κ1) is 9.21. The van der Waals surface area contributed by atoms with Crippen molar-refractivity contribution in [3.63, 3.8) is 0 Å². The highest BCUT2D eigenvalue weighted by Gasteiger charge is 2.34. The quantitative estimate of drug-likeness (QED) is 0.728. The molecule has 3 nitrogen and oxygen atoms in total. The van der Waals surface area contributed by atoms with Crippen molar-refractivity contribution in [1.82, 2.24) is 0 Å². The van der Waals surface area contributed by atoms with E-state index in [1.165, 1.54) is 0 Å². The highest BCUT2D eigenvalue weighted by Crippen LogP contribution is 2.35. The van der Waals surface area contributed by atoms with Gasteiger partial charge >= 0.3 is 0 Å². The molecule has 0 fully saturated rings. The molecule has 3 heteroatoms. The number of benzene rings is 1. The number of aryl methyl sites for hydroxylation is 1. The number of aliphatic hydroxyl groups is 1. The molecular weight excluding hydrogens is 178 g/mol. The van der Waals surface area contributed by atoms with E-state index >= 15 is 0 Å². The number of aliphatic hydroxyl groups excluding tert-OH is 1. The number of nitrogens with zero attached hydrogens (tertiary/aromatic N) is 1. The van der Waals surface area contributed by atoms with Crippen LogP contribution in [0.25, 0.3) is 0 Å². The van der Waals surface area contributed by atoms with Crippen LogP contribution in [-0.2, 0) is 4.79 Å². The van der Waals surface area contributed by atoms with Crippen molar-refractivity contribution in [3.05, 3.63) is 29.3 Å². The molecule has 1 aliphatic heterocycles. The van der Waals surface area contributed by atoms with E-state index in [1.807, 2.05) is 32.0 Å². The molecule has 1 aromatic rings. The number of anilines is 1. The minimum atomic E-state index is -0.968. The summed E-state index contributed by atoms with van der Waals surface area (Å²) in [6.07, 6.45) is -0.968. The standard InChI is InChI=1S/C11H13NO2/c1-3-12-9-5-4-7(2)6-8(9)10(13)11(12)14/h4-6,10,13H,3H2,1-2H3. The zero-order valence-corrected chi connectivity index (χ0v) is 8.32. The smallest absolute Gasteiger partial charge is 0.260 e. The Morgan fingerprint density at radius 1 is 1.50 bits per heavy atom. The predicted octanol–water partition coefficient (Wildman–Crippen LogP) is 1.39. The number of fused-ring (bicyclic) bond motifs is 1. The van der Waals surface area contributed by atoms with Gasteiger partial charge in [-0.05, 0) is 19.9 Å². The Morgan fingerprint density at radius 3 is 2.86 bits per heavy atom. The number of amides is 1. The third-order valence-corrected chi connectivity index (χ3v) is 2.58. The first-order valence-electron chi connectivity index (χ1n) is 4.75. The molecule has 0 saturated carbocycles. The third-order valence-electron chi connectivity index (χ3n) is 2.58. The molecule has 2 rings (SSSR count). The summed E-state index contributed by atoms with van der Waals surface area (Å²) in [4.78, 5) is 13.2. The minimum absolute atomic E-state index is 0.215. The summed E-state index contributed by atoms with van der Waals surface area (Å²) in [5, 5.41) is 9.68. The topological polar surface area (TPSA) is 40.5 Å². The molecule has 1 atom stereocenters. The average molecular weight is 191 g/mol. The van der Waals surface area contributed by atoms with Crippen LogP contribution in [0.1, 0.15) is 24.2 Å². The van der Waals surface area contributed by atoms with Crippen LogP contribution in [0.4, 0.5) is 5.69 Å². The van der Waals surface area contributed by atoms with Crippen molar-refractivity contribution < 1.29 is 9.90 Å². The van der Waals surface area contributed by atoms with E-state index in [9.17, 15) is 9.90 Å². The molecule has 1 heterocycles. The van der Waals surface area contributed by atoms with Gasteiger partial charge in [0, 0.05) is 12.1 Å². The van der Waals surface area contributed by atoms with Crippen LogP contribution in [0, 0.1) is 6.92 Å². The van der Waals surface area contributed by atoms with E-state index in [0.717, 1.165) is 16.8 Å². The van der Waals surface area contributed by atoms with Crippen molar-refractivity contribution in [3.8, 4) is 0 Å². The van der Waals surface area contributed by atoms with Crippen molar-refractivity contribution in [1.29, 1.82) is 0 Å². The molecule has 1 N–H and O–H groups in total. The Kier molecular flexibility index (Phi) is 2.04. The Morgan fingerprint density at radius 2 is 2.21 bits per heavy atom. The van der Waals surface area contributed by atoms with Crippen LogP contribution in [-0.4, -0.2) is 17.6 Å². The molecule has 0 bridgehead atoms. The second-order valence-electron chi connectivity index (χ2n) is 3.55. The highest BCUT2D eigenvalue weighted by molar-refractivity contribution is 6.03. The predicted molar refractivity (Wildman–Crippen MR) is 54.2 cm³/mol. The van der Waals surface area contributed by atoms with Gasteiger partial charge in [-0.3, -0.25) is 4.79 Å². The molecule has 0 aliphatic carbocycles. The van der Waals surface area contributed by atoms with Gasteiger partial charge in [-0.1, -0.05) is 17.7 Å².